The van der Waals surface area contributed by atoms with Gasteiger partial charge >= 0.3 is 0 Å². The first-order valence-electron chi connectivity index (χ1n) is 12.1. The van der Waals surface area contributed by atoms with Gasteiger partial charge in [0.15, 0.2) is 11.5 Å². The number of likely N-dealkylation sites (N-methyl/N-ethyl adjacent to an activating group) is 2. The number of rotatable bonds is 10. The number of para-hydroxylation sites is 1. The number of aromatic nitrogens is 1. The Balaban J connectivity index is 1.82. The Kier molecular flexibility index (Phi) is 7.86. The van der Waals surface area contributed by atoms with Gasteiger partial charge in [-0.1, -0.05) is 62.4 Å². The van der Waals surface area contributed by atoms with E-state index < -0.39 is 0 Å². The van der Waals surface area contributed by atoms with Crippen LogP contribution in [-0.4, -0.2) is 66.4 Å². The number of thiophene rings is 1. The molecule has 0 unspecified atom stereocenters. The predicted molar refractivity (Wildman–Crippen MR) is 146 cm³/mol. The number of Topliss-reactive ketones (excluding diaryl/α,β-unsaturated/α-hetero) is 1. The van der Waals surface area contributed by atoms with Gasteiger partial charge in [0.25, 0.3) is 11.5 Å². The molecule has 4 aromatic rings. The van der Waals surface area contributed by atoms with Crippen LogP contribution < -0.4 is 10.3 Å². The highest BCUT2D eigenvalue weighted by Crippen LogP contribution is 2.40. The maximum Gasteiger partial charge on any atom is 0.267 e. The lowest BCUT2D eigenvalue weighted by molar-refractivity contribution is 0.0781. The Morgan fingerprint density at radius 2 is 1.64 bits per heavy atom. The molecule has 188 valence electrons. The smallest absolute Gasteiger partial charge is 0.267 e. The zero-order chi connectivity index (χ0) is 25.8. The van der Waals surface area contributed by atoms with E-state index in [4.69, 9.17) is 4.74 Å². The van der Waals surface area contributed by atoms with Crippen molar-refractivity contribution >= 4 is 44.0 Å². The van der Waals surface area contributed by atoms with Crippen molar-refractivity contribution < 1.29 is 14.3 Å². The number of hydrogen-bond donors (Lipinski definition) is 0. The molecular formula is C28H31N3O4S. The van der Waals surface area contributed by atoms with E-state index in [0.29, 0.717) is 32.6 Å². The highest BCUT2D eigenvalue weighted by molar-refractivity contribution is 7.22. The lowest BCUT2D eigenvalue weighted by atomic mass is 10.1. The Morgan fingerprint density at radius 3 is 2.31 bits per heavy atom. The molecular weight excluding hydrogens is 474 g/mol. The summed E-state index contributed by atoms with van der Waals surface area (Å²) in [5, 5.41) is 1.14. The van der Waals surface area contributed by atoms with Crippen LogP contribution in [-0.2, 0) is 6.54 Å². The number of carbonyl (C=O) groups is 2. The lowest BCUT2D eigenvalue weighted by Crippen LogP contribution is -2.36. The van der Waals surface area contributed by atoms with Gasteiger partial charge in [0, 0.05) is 31.1 Å². The summed E-state index contributed by atoms with van der Waals surface area (Å²) in [5.41, 5.74) is 0.847. The molecule has 2 aromatic heterocycles. The van der Waals surface area contributed by atoms with Crippen molar-refractivity contribution in [1.29, 1.82) is 0 Å². The molecule has 0 radical (unpaired) electrons. The maximum atomic E-state index is 13.8. The highest BCUT2D eigenvalue weighted by atomic mass is 32.1. The van der Waals surface area contributed by atoms with Gasteiger partial charge in [0.05, 0.1) is 23.9 Å². The molecule has 0 aliphatic rings. The molecule has 1 amide bonds. The van der Waals surface area contributed by atoms with Gasteiger partial charge in [0.1, 0.15) is 10.3 Å². The number of carbonyl (C=O) groups excluding carboxylic acids is 2. The molecule has 0 aliphatic heterocycles. The average molecular weight is 506 g/mol. The lowest BCUT2D eigenvalue weighted by Gasteiger charge is -2.23. The number of ketones is 1. The number of ether oxygens (including phenoxy) is 1. The summed E-state index contributed by atoms with van der Waals surface area (Å²) in [7, 11) is 3.24. The Morgan fingerprint density at radius 1 is 0.972 bits per heavy atom. The van der Waals surface area contributed by atoms with Crippen molar-refractivity contribution in [2.75, 3.05) is 40.3 Å². The zero-order valence-electron chi connectivity index (χ0n) is 21.1. The largest absolute Gasteiger partial charge is 0.494 e. The van der Waals surface area contributed by atoms with Crippen molar-refractivity contribution in [2.45, 2.75) is 20.4 Å². The summed E-state index contributed by atoms with van der Waals surface area (Å²) in [6, 6.07) is 16.4. The molecule has 2 aromatic carbocycles. The van der Waals surface area contributed by atoms with Crippen LogP contribution in [0.4, 0.5) is 0 Å². The molecule has 2 heterocycles. The molecule has 0 spiro atoms. The number of amides is 1. The van der Waals surface area contributed by atoms with Gasteiger partial charge in [-0.15, -0.1) is 11.3 Å². The monoisotopic (exact) mass is 505 g/mol. The van der Waals surface area contributed by atoms with Crippen molar-refractivity contribution in [2.24, 2.45) is 0 Å². The van der Waals surface area contributed by atoms with Gasteiger partial charge in [-0.2, -0.15) is 0 Å². The minimum atomic E-state index is -0.342. The van der Waals surface area contributed by atoms with Crippen LogP contribution in [0, 0.1) is 0 Å². The number of hydrogen-bond acceptors (Lipinski definition) is 6. The molecule has 0 N–H and O–H groups in total. The number of pyridine rings is 1. The quantitative estimate of drug-likeness (QED) is 0.296. The zero-order valence-corrected chi connectivity index (χ0v) is 21.9. The summed E-state index contributed by atoms with van der Waals surface area (Å²) in [6.45, 7) is 7.24. The first kappa shape index (κ1) is 25.6. The molecule has 8 heteroatoms. The summed E-state index contributed by atoms with van der Waals surface area (Å²) in [4.78, 5) is 44.6. The summed E-state index contributed by atoms with van der Waals surface area (Å²) < 4.78 is 7.84. The van der Waals surface area contributed by atoms with E-state index >= 15 is 0 Å². The van der Waals surface area contributed by atoms with E-state index in [9.17, 15) is 14.4 Å². The molecule has 0 saturated carbocycles. The summed E-state index contributed by atoms with van der Waals surface area (Å²) in [5.74, 6) is -0.0780. The van der Waals surface area contributed by atoms with Crippen molar-refractivity contribution in [3.8, 4) is 5.75 Å². The predicted octanol–water partition coefficient (Wildman–Crippen LogP) is 4.52. The van der Waals surface area contributed by atoms with Crippen LogP contribution in [0.2, 0.25) is 0 Å². The summed E-state index contributed by atoms with van der Waals surface area (Å²) in [6.07, 6.45) is 0. The molecule has 4 rings (SSSR count). The van der Waals surface area contributed by atoms with E-state index in [1.807, 2.05) is 30.3 Å². The van der Waals surface area contributed by atoms with Gasteiger partial charge < -0.3 is 14.5 Å². The van der Waals surface area contributed by atoms with Crippen molar-refractivity contribution in [1.82, 2.24) is 14.4 Å². The van der Waals surface area contributed by atoms with Crippen LogP contribution in [0.15, 0.2) is 59.4 Å². The third kappa shape index (κ3) is 4.79. The molecule has 0 fully saturated rings. The van der Waals surface area contributed by atoms with Crippen LogP contribution in [0.5, 0.6) is 5.75 Å². The number of nitrogens with zero attached hydrogens (tertiary/aromatic N) is 3. The fourth-order valence-corrected chi connectivity index (χ4v) is 5.69. The SMILES string of the molecule is CCN(CC)CCN(C)C(=O)c1sc2c(c1OC)c(=O)n(CC(=O)c1ccccc1)c1ccccc21. The Bertz CT molecular complexity index is 1450. The fourth-order valence-electron chi connectivity index (χ4n) is 4.40. The second kappa shape index (κ2) is 11.1. The maximum absolute atomic E-state index is 13.8. The molecule has 0 atom stereocenters. The van der Waals surface area contributed by atoms with E-state index in [-0.39, 0.29) is 29.5 Å². The number of benzene rings is 2. The van der Waals surface area contributed by atoms with Crippen molar-refractivity contribution in [3.63, 3.8) is 0 Å². The van der Waals surface area contributed by atoms with E-state index in [1.165, 1.54) is 23.0 Å². The fraction of sp³-hybridized carbons (Fsp3) is 0.321. The van der Waals surface area contributed by atoms with Crippen molar-refractivity contribution in [3.05, 3.63) is 75.4 Å². The molecule has 7 nitrogen and oxygen atoms in total. The minimum absolute atomic E-state index is 0.106. The second-order valence-electron chi connectivity index (χ2n) is 8.62. The normalized spacial score (nSPS) is 11.4. The number of fused-ring (bicyclic) bond motifs is 3. The minimum Gasteiger partial charge on any atom is -0.494 e. The standard InChI is InChI=1S/C28H31N3O4S/c1-5-30(6-2)17-16-29(3)28(34)26-24(35-4)23-25(36-26)20-14-10-11-15-21(20)31(27(23)33)18-22(32)19-12-8-7-9-13-19/h7-15H,5-6,16-18H2,1-4H3. The van der Waals surface area contributed by atoms with Gasteiger partial charge in [-0.05, 0) is 19.2 Å². The number of methoxy groups -OCH3 is 1. The third-order valence-electron chi connectivity index (χ3n) is 6.55. The Hall–Kier alpha value is -3.49. The average Bonchev–Trinajstić information content (AvgIpc) is 3.31. The molecule has 0 aliphatic carbocycles. The Labute approximate surface area is 214 Å². The summed E-state index contributed by atoms with van der Waals surface area (Å²) >= 11 is 1.27. The molecule has 36 heavy (non-hydrogen) atoms. The second-order valence-corrected chi connectivity index (χ2v) is 9.64. The van der Waals surface area contributed by atoms with Crippen LogP contribution >= 0.6 is 11.3 Å². The van der Waals surface area contributed by atoms with E-state index in [2.05, 4.69) is 18.7 Å². The third-order valence-corrected chi connectivity index (χ3v) is 7.74. The van der Waals surface area contributed by atoms with E-state index in [0.717, 1.165) is 25.0 Å². The first-order valence-corrected chi connectivity index (χ1v) is 12.9. The first-order chi connectivity index (χ1) is 17.4. The van der Waals surface area contributed by atoms with Gasteiger partial charge in [-0.3, -0.25) is 19.0 Å². The van der Waals surface area contributed by atoms with E-state index in [1.54, 1.807) is 36.2 Å². The van der Waals surface area contributed by atoms with Crippen LogP contribution in [0.3, 0.4) is 0 Å². The van der Waals surface area contributed by atoms with Crippen LogP contribution in [0.25, 0.3) is 21.0 Å². The van der Waals surface area contributed by atoms with Crippen LogP contribution in [0.1, 0.15) is 33.9 Å². The van der Waals surface area contributed by atoms with Gasteiger partial charge in [0.2, 0.25) is 0 Å². The molecule has 0 bridgehead atoms. The topological polar surface area (TPSA) is 71.8 Å². The molecule has 0 saturated heterocycles. The highest BCUT2D eigenvalue weighted by Gasteiger charge is 2.27. The van der Waals surface area contributed by atoms with Gasteiger partial charge in [-0.25, -0.2) is 0 Å².